The average molecular weight is 294 g/mol. The van der Waals surface area contributed by atoms with E-state index in [1.165, 1.54) is 0 Å². The first-order valence-corrected chi connectivity index (χ1v) is 7.19. The van der Waals surface area contributed by atoms with Crippen molar-refractivity contribution in [1.29, 1.82) is 0 Å². The van der Waals surface area contributed by atoms with Gasteiger partial charge in [-0.3, -0.25) is 4.68 Å². The Morgan fingerprint density at radius 2 is 2.20 bits per heavy atom. The third-order valence-electron chi connectivity index (χ3n) is 3.15. The van der Waals surface area contributed by atoms with E-state index in [0.29, 0.717) is 5.02 Å². The molecule has 0 saturated carbocycles. The van der Waals surface area contributed by atoms with Crippen molar-refractivity contribution in [2.75, 3.05) is 0 Å². The lowest BCUT2D eigenvalue weighted by Crippen LogP contribution is -2.30. The molecule has 0 aliphatic rings. The first kappa shape index (κ1) is 14.9. The Morgan fingerprint density at radius 1 is 1.40 bits per heavy atom. The van der Waals surface area contributed by atoms with E-state index in [1.54, 1.807) is 12.3 Å². The predicted octanol–water partition coefficient (Wildman–Crippen LogP) is 3.41. The van der Waals surface area contributed by atoms with Crippen LogP contribution in [0.25, 0.3) is 0 Å². The van der Waals surface area contributed by atoms with Gasteiger partial charge < -0.3 is 10.5 Å². The van der Waals surface area contributed by atoms with Gasteiger partial charge in [-0.1, -0.05) is 24.6 Å². The summed E-state index contributed by atoms with van der Waals surface area (Å²) in [5.41, 5.74) is 7.27. The van der Waals surface area contributed by atoms with Gasteiger partial charge in [0.1, 0.15) is 11.9 Å². The van der Waals surface area contributed by atoms with E-state index < -0.39 is 0 Å². The Morgan fingerprint density at radius 3 is 2.90 bits per heavy atom. The van der Waals surface area contributed by atoms with Gasteiger partial charge in [0.05, 0.1) is 11.7 Å². The zero-order chi connectivity index (χ0) is 14.5. The van der Waals surface area contributed by atoms with Crippen molar-refractivity contribution >= 4 is 11.6 Å². The quantitative estimate of drug-likeness (QED) is 0.888. The van der Waals surface area contributed by atoms with E-state index >= 15 is 0 Å². The van der Waals surface area contributed by atoms with Crippen molar-refractivity contribution in [2.24, 2.45) is 5.73 Å². The first-order valence-electron chi connectivity index (χ1n) is 6.81. The molecule has 20 heavy (non-hydrogen) atoms. The van der Waals surface area contributed by atoms with Gasteiger partial charge in [0.25, 0.3) is 0 Å². The molecule has 2 atom stereocenters. The SMILES string of the molecule is CCCn1nccc1C(N)C(C)Oc1cccc(Cl)c1. The summed E-state index contributed by atoms with van der Waals surface area (Å²) in [6.07, 6.45) is 2.63. The maximum Gasteiger partial charge on any atom is 0.121 e. The number of halogens is 1. The van der Waals surface area contributed by atoms with Crippen LogP contribution >= 0.6 is 11.6 Å². The zero-order valence-electron chi connectivity index (χ0n) is 11.8. The number of ether oxygens (including phenoxy) is 1. The molecule has 0 saturated heterocycles. The summed E-state index contributed by atoms with van der Waals surface area (Å²) in [6, 6.07) is 9.04. The third-order valence-corrected chi connectivity index (χ3v) is 3.39. The van der Waals surface area contributed by atoms with Gasteiger partial charge in [-0.2, -0.15) is 5.10 Å². The van der Waals surface area contributed by atoms with Crippen molar-refractivity contribution in [3.05, 3.63) is 47.2 Å². The maximum atomic E-state index is 6.28. The van der Waals surface area contributed by atoms with Crippen LogP contribution in [0.1, 0.15) is 32.0 Å². The van der Waals surface area contributed by atoms with Crippen LogP contribution in [0.2, 0.25) is 5.02 Å². The predicted molar refractivity (Wildman–Crippen MR) is 81.0 cm³/mol. The third kappa shape index (κ3) is 3.52. The van der Waals surface area contributed by atoms with Crippen LogP contribution < -0.4 is 10.5 Å². The maximum absolute atomic E-state index is 6.28. The Kier molecular flexibility index (Phi) is 5.04. The van der Waals surface area contributed by atoms with Gasteiger partial charge in [0, 0.05) is 17.8 Å². The van der Waals surface area contributed by atoms with Crippen molar-refractivity contribution in [3.8, 4) is 5.75 Å². The van der Waals surface area contributed by atoms with Crippen molar-refractivity contribution in [1.82, 2.24) is 9.78 Å². The molecule has 4 nitrogen and oxygen atoms in total. The molecule has 0 radical (unpaired) electrons. The van der Waals surface area contributed by atoms with Gasteiger partial charge in [0.15, 0.2) is 0 Å². The second-order valence-electron chi connectivity index (χ2n) is 4.79. The summed E-state index contributed by atoms with van der Waals surface area (Å²) in [4.78, 5) is 0. The van der Waals surface area contributed by atoms with Crippen LogP contribution in [0.3, 0.4) is 0 Å². The van der Waals surface area contributed by atoms with E-state index in [4.69, 9.17) is 22.1 Å². The number of hydrogen-bond donors (Lipinski definition) is 1. The summed E-state index contributed by atoms with van der Waals surface area (Å²) in [6.45, 7) is 4.93. The van der Waals surface area contributed by atoms with E-state index in [-0.39, 0.29) is 12.1 Å². The van der Waals surface area contributed by atoms with Crippen LogP contribution in [0.5, 0.6) is 5.75 Å². The molecule has 0 spiro atoms. The molecule has 5 heteroatoms. The second-order valence-corrected chi connectivity index (χ2v) is 5.22. The molecule has 1 aromatic carbocycles. The minimum Gasteiger partial charge on any atom is -0.489 e. The summed E-state index contributed by atoms with van der Waals surface area (Å²) in [5.74, 6) is 0.724. The van der Waals surface area contributed by atoms with Crippen LogP contribution in [-0.4, -0.2) is 15.9 Å². The number of nitrogens with zero attached hydrogens (tertiary/aromatic N) is 2. The molecule has 0 amide bonds. The molecule has 1 heterocycles. The highest BCUT2D eigenvalue weighted by Crippen LogP contribution is 2.22. The van der Waals surface area contributed by atoms with Gasteiger partial charge in [-0.05, 0) is 37.6 Å². The number of aryl methyl sites for hydroxylation is 1. The number of rotatable bonds is 6. The fourth-order valence-electron chi connectivity index (χ4n) is 2.09. The second kappa shape index (κ2) is 6.77. The summed E-state index contributed by atoms with van der Waals surface area (Å²) < 4.78 is 7.80. The molecular formula is C15H20ClN3O. The topological polar surface area (TPSA) is 53.1 Å². The van der Waals surface area contributed by atoms with Crippen LogP contribution in [0, 0.1) is 0 Å². The fraction of sp³-hybridized carbons (Fsp3) is 0.400. The Labute approximate surface area is 124 Å². The van der Waals surface area contributed by atoms with Gasteiger partial charge in [0.2, 0.25) is 0 Å². The summed E-state index contributed by atoms with van der Waals surface area (Å²) >= 11 is 5.95. The summed E-state index contributed by atoms with van der Waals surface area (Å²) in [5, 5.41) is 4.94. The molecule has 108 valence electrons. The van der Waals surface area contributed by atoms with E-state index in [9.17, 15) is 0 Å². The minimum absolute atomic E-state index is 0.166. The summed E-state index contributed by atoms with van der Waals surface area (Å²) in [7, 11) is 0. The van der Waals surface area contributed by atoms with Gasteiger partial charge in [-0.25, -0.2) is 0 Å². The van der Waals surface area contributed by atoms with Crippen molar-refractivity contribution < 1.29 is 4.74 Å². The zero-order valence-corrected chi connectivity index (χ0v) is 12.5. The van der Waals surface area contributed by atoms with E-state index in [2.05, 4.69) is 12.0 Å². The van der Waals surface area contributed by atoms with Crippen molar-refractivity contribution in [3.63, 3.8) is 0 Å². The van der Waals surface area contributed by atoms with Crippen LogP contribution in [0.15, 0.2) is 36.5 Å². The molecule has 0 aliphatic heterocycles. The van der Waals surface area contributed by atoms with E-state index in [0.717, 1.165) is 24.4 Å². The van der Waals surface area contributed by atoms with Crippen LogP contribution in [-0.2, 0) is 6.54 Å². The molecule has 1 aromatic heterocycles. The monoisotopic (exact) mass is 293 g/mol. The molecule has 0 aliphatic carbocycles. The van der Waals surface area contributed by atoms with Crippen molar-refractivity contribution in [2.45, 2.75) is 39.0 Å². The highest BCUT2D eigenvalue weighted by molar-refractivity contribution is 6.30. The molecular weight excluding hydrogens is 274 g/mol. The number of aromatic nitrogens is 2. The van der Waals surface area contributed by atoms with E-state index in [1.807, 2.05) is 35.9 Å². The number of hydrogen-bond acceptors (Lipinski definition) is 3. The Balaban J connectivity index is 2.08. The smallest absolute Gasteiger partial charge is 0.121 e. The first-order chi connectivity index (χ1) is 9.61. The Bertz CT molecular complexity index is 556. The highest BCUT2D eigenvalue weighted by Gasteiger charge is 2.20. The number of nitrogens with two attached hydrogens (primary N) is 1. The molecule has 2 unspecified atom stereocenters. The highest BCUT2D eigenvalue weighted by atomic mass is 35.5. The lowest BCUT2D eigenvalue weighted by atomic mass is 10.1. The van der Waals surface area contributed by atoms with Crippen LogP contribution in [0.4, 0.5) is 0 Å². The largest absolute Gasteiger partial charge is 0.489 e. The molecule has 0 bridgehead atoms. The minimum atomic E-state index is -0.233. The Hall–Kier alpha value is -1.52. The van der Waals surface area contributed by atoms with Gasteiger partial charge in [-0.15, -0.1) is 0 Å². The fourth-order valence-corrected chi connectivity index (χ4v) is 2.27. The normalized spacial score (nSPS) is 14.0. The molecule has 0 fully saturated rings. The molecule has 2 N–H and O–H groups in total. The lowest BCUT2D eigenvalue weighted by Gasteiger charge is -2.22. The van der Waals surface area contributed by atoms with Gasteiger partial charge >= 0.3 is 0 Å². The molecule has 2 aromatic rings. The lowest BCUT2D eigenvalue weighted by molar-refractivity contribution is 0.185. The standard InChI is InChI=1S/C15H20ClN3O/c1-3-9-19-14(7-8-18-19)15(17)11(2)20-13-6-4-5-12(16)10-13/h4-8,10-11,15H,3,9,17H2,1-2H3. The molecule has 2 rings (SSSR count). The average Bonchev–Trinajstić information content (AvgIpc) is 2.86. The number of benzene rings is 1.